The molecule has 1 aliphatic rings. The maximum absolute atomic E-state index is 12.6. The highest BCUT2D eigenvalue weighted by atomic mass is 19.4. The van der Waals surface area contributed by atoms with Gasteiger partial charge in [-0.1, -0.05) is 0 Å². The summed E-state index contributed by atoms with van der Waals surface area (Å²) in [5, 5.41) is 15.6. The van der Waals surface area contributed by atoms with E-state index in [-0.39, 0.29) is 11.6 Å². The van der Waals surface area contributed by atoms with Crippen LogP contribution in [0, 0.1) is 0 Å². The first-order valence-corrected chi connectivity index (χ1v) is 5.49. The molecule has 96 valence electrons. The number of rotatable bonds is 2. The highest BCUT2D eigenvalue weighted by molar-refractivity contribution is 5.19. The van der Waals surface area contributed by atoms with Crippen molar-refractivity contribution in [1.82, 2.24) is 15.1 Å². The minimum Gasteiger partial charge on any atom is -0.392 e. The molecule has 1 fully saturated rings. The number of piperidine rings is 1. The Balaban J connectivity index is 2.27. The van der Waals surface area contributed by atoms with Crippen LogP contribution in [0.4, 0.5) is 13.2 Å². The summed E-state index contributed by atoms with van der Waals surface area (Å²) >= 11 is 0. The van der Waals surface area contributed by atoms with Gasteiger partial charge in [0, 0.05) is 11.8 Å². The average molecular weight is 249 g/mol. The zero-order valence-corrected chi connectivity index (χ0v) is 9.17. The van der Waals surface area contributed by atoms with E-state index in [1.165, 1.54) is 10.9 Å². The number of aromatic nitrogens is 2. The normalized spacial score (nSPS) is 18.6. The minimum atomic E-state index is -4.50. The summed E-state index contributed by atoms with van der Waals surface area (Å²) in [5.74, 6) is 0. The summed E-state index contributed by atoms with van der Waals surface area (Å²) < 4.78 is 39.2. The molecule has 1 aliphatic heterocycles. The van der Waals surface area contributed by atoms with Gasteiger partial charge < -0.3 is 10.4 Å². The van der Waals surface area contributed by atoms with E-state index in [2.05, 4.69) is 10.4 Å². The fourth-order valence-corrected chi connectivity index (χ4v) is 2.04. The summed E-state index contributed by atoms with van der Waals surface area (Å²) in [6, 6.07) is -0.0161. The first-order valence-electron chi connectivity index (χ1n) is 5.49. The van der Waals surface area contributed by atoms with E-state index in [1.807, 2.05) is 0 Å². The molecule has 0 bridgehead atoms. The van der Waals surface area contributed by atoms with E-state index in [1.54, 1.807) is 0 Å². The van der Waals surface area contributed by atoms with E-state index in [4.69, 9.17) is 5.11 Å². The second-order valence-corrected chi connectivity index (χ2v) is 4.12. The lowest BCUT2D eigenvalue weighted by Crippen LogP contribution is -2.29. The van der Waals surface area contributed by atoms with Crippen molar-refractivity contribution in [2.45, 2.75) is 31.7 Å². The van der Waals surface area contributed by atoms with Gasteiger partial charge in [-0.05, 0) is 25.9 Å². The monoisotopic (exact) mass is 249 g/mol. The van der Waals surface area contributed by atoms with Crippen LogP contribution in [0.25, 0.3) is 0 Å². The molecule has 0 atom stereocenters. The fraction of sp³-hybridized carbons (Fsp3) is 0.700. The van der Waals surface area contributed by atoms with Crippen LogP contribution in [-0.2, 0) is 12.8 Å². The van der Waals surface area contributed by atoms with Crippen molar-refractivity contribution in [1.29, 1.82) is 0 Å². The third kappa shape index (κ3) is 2.61. The standard InChI is InChI=1S/C10H14F3N3O/c11-10(12,13)9-7(6-17)5-16(15-9)8-1-3-14-4-2-8/h5,8,14,17H,1-4,6H2. The Labute approximate surface area is 96.4 Å². The summed E-state index contributed by atoms with van der Waals surface area (Å²) in [7, 11) is 0. The molecule has 0 aromatic carbocycles. The third-order valence-electron chi connectivity index (χ3n) is 2.93. The number of alkyl halides is 3. The lowest BCUT2D eigenvalue weighted by atomic mass is 10.1. The lowest BCUT2D eigenvalue weighted by molar-refractivity contribution is -0.142. The van der Waals surface area contributed by atoms with Crippen molar-refractivity contribution in [3.8, 4) is 0 Å². The zero-order valence-electron chi connectivity index (χ0n) is 9.17. The zero-order chi connectivity index (χ0) is 12.5. The van der Waals surface area contributed by atoms with Gasteiger partial charge in [-0.15, -0.1) is 0 Å². The minimum absolute atomic E-state index is 0.0161. The summed E-state index contributed by atoms with van der Waals surface area (Å²) in [4.78, 5) is 0. The van der Waals surface area contributed by atoms with Crippen molar-refractivity contribution in [3.05, 3.63) is 17.5 Å². The topological polar surface area (TPSA) is 50.1 Å². The predicted octanol–water partition coefficient (Wildman–Crippen LogP) is 1.32. The van der Waals surface area contributed by atoms with E-state index in [0.29, 0.717) is 0 Å². The number of nitrogens with zero attached hydrogens (tertiary/aromatic N) is 2. The molecule has 2 rings (SSSR count). The maximum Gasteiger partial charge on any atom is 0.435 e. The second kappa shape index (κ2) is 4.66. The molecule has 2 heterocycles. The van der Waals surface area contributed by atoms with Gasteiger partial charge in [-0.2, -0.15) is 18.3 Å². The quantitative estimate of drug-likeness (QED) is 0.831. The van der Waals surface area contributed by atoms with Gasteiger partial charge in [-0.3, -0.25) is 4.68 Å². The highest BCUT2D eigenvalue weighted by Gasteiger charge is 2.37. The van der Waals surface area contributed by atoms with Gasteiger partial charge in [0.05, 0.1) is 12.6 Å². The molecular formula is C10H14F3N3O. The molecule has 0 amide bonds. The van der Waals surface area contributed by atoms with E-state index in [0.717, 1.165) is 25.9 Å². The van der Waals surface area contributed by atoms with Crippen LogP contribution in [0.1, 0.15) is 30.1 Å². The summed E-state index contributed by atoms with van der Waals surface area (Å²) in [5.41, 5.74) is -1.13. The molecule has 0 aliphatic carbocycles. The fourth-order valence-electron chi connectivity index (χ4n) is 2.04. The molecule has 0 saturated carbocycles. The maximum atomic E-state index is 12.6. The van der Waals surface area contributed by atoms with E-state index < -0.39 is 18.5 Å². The Hall–Kier alpha value is -1.08. The Bertz CT molecular complexity index is 383. The van der Waals surface area contributed by atoms with Crippen LogP contribution >= 0.6 is 0 Å². The van der Waals surface area contributed by atoms with Crippen LogP contribution in [0.3, 0.4) is 0 Å². The summed E-state index contributed by atoms with van der Waals surface area (Å²) in [6.45, 7) is 0.917. The van der Waals surface area contributed by atoms with Crippen LogP contribution < -0.4 is 5.32 Å². The molecular weight excluding hydrogens is 235 g/mol. The molecule has 1 aromatic rings. The molecule has 17 heavy (non-hydrogen) atoms. The number of hydrogen-bond donors (Lipinski definition) is 2. The number of aliphatic hydroxyl groups is 1. The molecule has 0 unspecified atom stereocenters. The van der Waals surface area contributed by atoms with Gasteiger partial charge in [0.1, 0.15) is 0 Å². The van der Waals surface area contributed by atoms with Crippen LogP contribution in [0.2, 0.25) is 0 Å². The number of nitrogens with one attached hydrogen (secondary N) is 1. The van der Waals surface area contributed by atoms with Crippen molar-refractivity contribution < 1.29 is 18.3 Å². The number of hydrogen-bond acceptors (Lipinski definition) is 3. The van der Waals surface area contributed by atoms with Crippen LogP contribution in [-0.4, -0.2) is 28.0 Å². The van der Waals surface area contributed by atoms with Gasteiger partial charge in [0.15, 0.2) is 5.69 Å². The molecule has 2 N–H and O–H groups in total. The van der Waals surface area contributed by atoms with E-state index in [9.17, 15) is 13.2 Å². The van der Waals surface area contributed by atoms with Crippen molar-refractivity contribution in [2.75, 3.05) is 13.1 Å². The van der Waals surface area contributed by atoms with Gasteiger partial charge in [0.25, 0.3) is 0 Å². The van der Waals surface area contributed by atoms with Crippen molar-refractivity contribution in [2.24, 2.45) is 0 Å². The largest absolute Gasteiger partial charge is 0.435 e. The van der Waals surface area contributed by atoms with Gasteiger partial charge in [0.2, 0.25) is 0 Å². The Morgan fingerprint density at radius 1 is 1.41 bits per heavy atom. The van der Waals surface area contributed by atoms with Crippen molar-refractivity contribution >= 4 is 0 Å². The predicted molar refractivity (Wildman–Crippen MR) is 54.3 cm³/mol. The lowest BCUT2D eigenvalue weighted by Gasteiger charge is -2.22. The average Bonchev–Trinajstić information content (AvgIpc) is 2.74. The number of halogens is 3. The Kier molecular flexibility index (Phi) is 3.39. The van der Waals surface area contributed by atoms with Gasteiger partial charge >= 0.3 is 6.18 Å². The Morgan fingerprint density at radius 2 is 2.06 bits per heavy atom. The molecule has 4 nitrogen and oxygen atoms in total. The third-order valence-corrected chi connectivity index (χ3v) is 2.93. The smallest absolute Gasteiger partial charge is 0.392 e. The first-order chi connectivity index (χ1) is 8.02. The van der Waals surface area contributed by atoms with Crippen LogP contribution in [0.5, 0.6) is 0 Å². The molecule has 0 radical (unpaired) electrons. The van der Waals surface area contributed by atoms with E-state index >= 15 is 0 Å². The highest BCUT2D eigenvalue weighted by Crippen LogP contribution is 2.32. The summed E-state index contributed by atoms with van der Waals surface area (Å²) in [6.07, 6.45) is -1.69. The second-order valence-electron chi connectivity index (χ2n) is 4.12. The first kappa shape index (κ1) is 12.4. The van der Waals surface area contributed by atoms with Gasteiger partial charge in [-0.25, -0.2) is 0 Å². The molecule has 1 saturated heterocycles. The number of aliphatic hydroxyl groups excluding tert-OH is 1. The molecule has 7 heteroatoms. The molecule has 0 spiro atoms. The molecule has 1 aromatic heterocycles. The van der Waals surface area contributed by atoms with Crippen LogP contribution in [0.15, 0.2) is 6.20 Å². The Morgan fingerprint density at radius 3 is 2.53 bits per heavy atom. The SMILES string of the molecule is OCc1cn(C2CCNCC2)nc1C(F)(F)F. The van der Waals surface area contributed by atoms with Crippen molar-refractivity contribution in [3.63, 3.8) is 0 Å².